The molecular formula is C22H18Cl2N2O4S2. The Bertz CT molecular complexity index is 1070. The molecular weight excluding hydrogens is 491 g/mol. The number of anilines is 1. The van der Waals surface area contributed by atoms with E-state index in [1.54, 1.807) is 53.4 Å². The van der Waals surface area contributed by atoms with Crippen LogP contribution in [-0.4, -0.2) is 40.5 Å². The summed E-state index contributed by atoms with van der Waals surface area (Å²) in [5, 5.41) is 3.37. The van der Waals surface area contributed by atoms with Crippen LogP contribution < -0.4 is 10.1 Å². The van der Waals surface area contributed by atoms with Crippen LogP contribution >= 0.6 is 47.2 Å². The maximum absolute atomic E-state index is 12.7. The van der Waals surface area contributed by atoms with Gasteiger partial charge in [0, 0.05) is 22.3 Å². The second kappa shape index (κ2) is 10.2. The number of hydrogen-bond donors (Lipinski definition) is 1. The zero-order valence-electron chi connectivity index (χ0n) is 16.7. The molecule has 10 heteroatoms. The molecule has 0 unspecified atom stereocenters. The van der Waals surface area contributed by atoms with E-state index in [9.17, 15) is 9.59 Å². The van der Waals surface area contributed by atoms with Crippen LogP contribution in [0.5, 0.6) is 5.75 Å². The molecule has 0 aromatic heterocycles. The average molecular weight is 509 g/mol. The van der Waals surface area contributed by atoms with Crippen LogP contribution in [0.4, 0.5) is 10.5 Å². The Balaban J connectivity index is 1.36. The van der Waals surface area contributed by atoms with Gasteiger partial charge in [0.15, 0.2) is 0 Å². The van der Waals surface area contributed by atoms with E-state index in [1.807, 2.05) is 0 Å². The number of ether oxygens (including phenoxy) is 2. The lowest BCUT2D eigenvalue weighted by Crippen LogP contribution is -2.35. The van der Waals surface area contributed by atoms with Crippen molar-refractivity contribution in [1.82, 2.24) is 4.90 Å². The Labute approximate surface area is 204 Å². The fourth-order valence-electron chi connectivity index (χ4n) is 3.31. The summed E-state index contributed by atoms with van der Waals surface area (Å²) >= 11 is 18.5. The summed E-state index contributed by atoms with van der Waals surface area (Å²) in [6, 6.07) is 11.5. The molecule has 2 aromatic carbocycles. The number of nitrogens with zero attached hydrogens (tertiary/aromatic N) is 1. The van der Waals surface area contributed by atoms with Crippen molar-refractivity contribution in [3.05, 3.63) is 63.0 Å². The molecule has 0 radical (unpaired) electrons. The summed E-state index contributed by atoms with van der Waals surface area (Å²) in [7, 11) is 0. The number of hydrogen-bond acceptors (Lipinski definition) is 6. The summed E-state index contributed by atoms with van der Waals surface area (Å²) < 4.78 is 11.4. The van der Waals surface area contributed by atoms with Gasteiger partial charge < -0.3 is 9.47 Å². The largest absolute Gasteiger partial charge is 0.417 e. The summed E-state index contributed by atoms with van der Waals surface area (Å²) in [5.41, 5.74) is 1.21. The van der Waals surface area contributed by atoms with Crippen LogP contribution in [0, 0.1) is 0 Å². The molecule has 2 heterocycles. The Morgan fingerprint density at radius 3 is 2.62 bits per heavy atom. The number of carbonyl (C=O) groups excluding carboxylic acids is 2. The van der Waals surface area contributed by atoms with Gasteiger partial charge in [-0.2, -0.15) is 0 Å². The third-order valence-electron chi connectivity index (χ3n) is 4.78. The molecule has 0 saturated carbocycles. The van der Waals surface area contributed by atoms with Gasteiger partial charge in [-0.15, -0.1) is 0 Å². The first-order valence-electron chi connectivity index (χ1n) is 9.79. The summed E-state index contributed by atoms with van der Waals surface area (Å²) in [5.74, 6) is 0.231. The summed E-state index contributed by atoms with van der Waals surface area (Å²) in [6.07, 6.45) is 3.09. The van der Waals surface area contributed by atoms with Gasteiger partial charge in [-0.05, 0) is 54.8 Å². The molecule has 1 N–H and O–H groups in total. The SMILES string of the molecule is O=C(Nc1cc(Cl)cc(Cl)c1)Oc1ccc(/C=C2/SC(=S)N(C[C@@H]3CCCO3)C2=O)cc1. The van der Waals surface area contributed by atoms with E-state index in [-0.39, 0.29) is 12.0 Å². The van der Waals surface area contributed by atoms with Crippen LogP contribution in [-0.2, 0) is 9.53 Å². The smallest absolute Gasteiger partial charge is 0.410 e. The number of thiocarbonyl (C=S) groups is 1. The third-order valence-corrected chi connectivity index (χ3v) is 6.60. The molecule has 6 nitrogen and oxygen atoms in total. The molecule has 2 saturated heterocycles. The molecule has 0 spiro atoms. The van der Waals surface area contributed by atoms with E-state index in [1.165, 1.54) is 11.8 Å². The van der Waals surface area contributed by atoms with Crippen molar-refractivity contribution in [3.8, 4) is 5.75 Å². The molecule has 2 aliphatic heterocycles. The standard InChI is InChI=1S/C22H18Cl2N2O4S2/c23-14-9-15(24)11-16(10-14)25-21(28)30-17-5-3-13(4-6-17)8-19-20(27)26(22(31)32-19)12-18-2-1-7-29-18/h3-6,8-11,18H,1-2,7,12H2,(H,25,28)/b19-8+/t18-/m0/s1. The minimum Gasteiger partial charge on any atom is -0.410 e. The van der Waals surface area contributed by atoms with Crippen LogP contribution in [0.3, 0.4) is 0 Å². The third kappa shape index (κ3) is 5.82. The lowest BCUT2D eigenvalue weighted by molar-refractivity contribution is -0.123. The number of nitrogens with one attached hydrogen (secondary N) is 1. The van der Waals surface area contributed by atoms with E-state index in [2.05, 4.69) is 5.32 Å². The lowest BCUT2D eigenvalue weighted by atomic mass is 10.2. The quantitative estimate of drug-likeness (QED) is 0.395. The van der Waals surface area contributed by atoms with Gasteiger partial charge in [-0.3, -0.25) is 15.0 Å². The highest BCUT2D eigenvalue weighted by Gasteiger charge is 2.34. The first-order valence-corrected chi connectivity index (χ1v) is 11.8. The minimum absolute atomic E-state index is 0.0439. The maximum atomic E-state index is 12.7. The number of halogens is 2. The van der Waals surface area contributed by atoms with Gasteiger partial charge in [-0.25, -0.2) is 4.79 Å². The maximum Gasteiger partial charge on any atom is 0.417 e. The van der Waals surface area contributed by atoms with Crippen molar-refractivity contribution in [2.45, 2.75) is 18.9 Å². The molecule has 2 aromatic rings. The van der Waals surface area contributed by atoms with Crippen molar-refractivity contribution >= 4 is 75.3 Å². The molecule has 32 heavy (non-hydrogen) atoms. The molecule has 0 aliphatic carbocycles. The van der Waals surface area contributed by atoms with Crippen LogP contribution in [0.1, 0.15) is 18.4 Å². The first-order chi connectivity index (χ1) is 15.4. The van der Waals surface area contributed by atoms with Crippen molar-refractivity contribution < 1.29 is 19.1 Å². The molecule has 0 bridgehead atoms. The predicted molar refractivity (Wildman–Crippen MR) is 131 cm³/mol. The molecule has 2 aliphatic rings. The van der Waals surface area contributed by atoms with Crippen LogP contribution in [0.15, 0.2) is 47.4 Å². The number of carbonyl (C=O) groups is 2. The molecule has 166 valence electrons. The summed E-state index contributed by atoms with van der Waals surface area (Å²) in [6.45, 7) is 1.22. The Morgan fingerprint density at radius 2 is 1.97 bits per heavy atom. The highest BCUT2D eigenvalue weighted by atomic mass is 35.5. The second-order valence-electron chi connectivity index (χ2n) is 7.17. The lowest BCUT2D eigenvalue weighted by Gasteiger charge is -2.18. The van der Waals surface area contributed by atoms with Gasteiger partial charge in [0.2, 0.25) is 0 Å². The van der Waals surface area contributed by atoms with Gasteiger partial charge in [0.25, 0.3) is 5.91 Å². The zero-order valence-corrected chi connectivity index (χ0v) is 19.8. The van der Waals surface area contributed by atoms with Crippen molar-refractivity contribution in [2.75, 3.05) is 18.5 Å². The highest BCUT2D eigenvalue weighted by Crippen LogP contribution is 2.33. The van der Waals surface area contributed by atoms with E-state index < -0.39 is 6.09 Å². The fourth-order valence-corrected chi connectivity index (χ4v) is 5.11. The Hall–Kier alpha value is -2.10. The molecule has 2 amide bonds. The first kappa shape index (κ1) is 23.1. The highest BCUT2D eigenvalue weighted by molar-refractivity contribution is 8.26. The van der Waals surface area contributed by atoms with E-state index in [0.29, 0.717) is 37.3 Å². The summed E-state index contributed by atoms with van der Waals surface area (Å²) in [4.78, 5) is 27.0. The van der Waals surface area contributed by atoms with Crippen molar-refractivity contribution in [2.24, 2.45) is 0 Å². The number of amides is 2. The van der Waals surface area contributed by atoms with Crippen LogP contribution in [0.2, 0.25) is 10.0 Å². The van der Waals surface area contributed by atoms with Crippen molar-refractivity contribution in [3.63, 3.8) is 0 Å². The van der Waals surface area contributed by atoms with Gasteiger partial charge in [0.05, 0.1) is 17.6 Å². The Morgan fingerprint density at radius 1 is 1.25 bits per heavy atom. The Kier molecular flexibility index (Phi) is 7.37. The van der Waals surface area contributed by atoms with Gasteiger partial charge >= 0.3 is 6.09 Å². The second-order valence-corrected chi connectivity index (χ2v) is 9.72. The number of benzene rings is 2. The zero-order chi connectivity index (χ0) is 22.7. The number of rotatable bonds is 5. The van der Waals surface area contributed by atoms with E-state index in [4.69, 9.17) is 44.9 Å². The fraction of sp³-hybridized carbons (Fsp3) is 0.227. The van der Waals surface area contributed by atoms with Crippen LogP contribution in [0.25, 0.3) is 6.08 Å². The van der Waals surface area contributed by atoms with Gasteiger partial charge in [-0.1, -0.05) is 59.3 Å². The van der Waals surface area contributed by atoms with E-state index >= 15 is 0 Å². The predicted octanol–water partition coefficient (Wildman–Crippen LogP) is 5.98. The molecule has 4 rings (SSSR count). The van der Waals surface area contributed by atoms with E-state index in [0.717, 1.165) is 25.0 Å². The van der Waals surface area contributed by atoms with Gasteiger partial charge in [0.1, 0.15) is 10.1 Å². The van der Waals surface area contributed by atoms with Crippen molar-refractivity contribution in [1.29, 1.82) is 0 Å². The normalized spacial score (nSPS) is 19.6. The average Bonchev–Trinajstić information content (AvgIpc) is 3.33. The molecule has 2 fully saturated rings. The minimum atomic E-state index is -0.675. The topological polar surface area (TPSA) is 67.9 Å². The monoisotopic (exact) mass is 508 g/mol. The number of thioether (sulfide) groups is 1. The molecule has 1 atom stereocenters.